The Balaban J connectivity index is 0.00000111. The number of rotatable bonds is 2. The standard InChI is InChI=1S/C38H22O2S3.CH2O.HI/c39-38-30-6-2-3-7-32(30)41-33-15-11-23(19-31(33)38)25-10-14-29-28-13-9-24(20-34(28)42-35(29)21-25)22-12-16-37-27(17-22)18-26-5-1-4-8-36(26)43(37)40;1-2;/h1-17,19-21H,18H2;1H2;1H. The van der Waals surface area contributed by atoms with Crippen LogP contribution in [0.15, 0.2) is 136 Å². The molecule has 0 aliphatic carbocycles. The minimum atomic E-state index is -1.14. The fourth-order valence-corrected chi connectivity index (χ4v) is 9.97. The van der Waals surface area contributed by atoms with Crippen molar-refractivity contribution in [1.82, 2.24) is 0 Å². The lowest BCUT2D eigenvalue weighted by Crippen LogP contribution is -2.09. The van der Waals surface area contributed by atoms with Gasteiger partial charge in [0.2, 0.25) is 0 Å². The quantitative estimate of drug-likeness (QED) is 0.130. The second-order valence-electron chi connectivity index (χ2n) is 11.0. The van der Waals surface area contributed by atoms with Gasteiger partial charge in [-0.2, -0.15) is 0 Å². The molecule has 1 atom stereocenters. The van der Waals surface area contributed by atoms with Crippen molar-refractivity contribution >= 4 is 105 Å². The first-order valence-corrected chi connectivity index (χ1v) is 17.2. The van der Waals surface area contributed by atoms with Crippen LogP contribution in [0.25, 0.3) is 62.6 Å². The Bertz CT molecular complexity index is 2570. The van der Waals surface area contributed by atoms with Crippen molar-refractivity contribution in [3.05, 3.63) is 143 Å². The number of carbonyl (C=O) groups excluding carboxylic acids is 1. The van der Waals surface area contributed by atoms with E-state index in [0.717, 1.165) is 69.8 Å². The summed E-state index contributed by atoms with van der Waals surface area (Å²) >= 11 is 3.47. The van der Waals surface area contributed by atoms with Crippen molar-refractivity contribution < 1.29 is 9.00 Å². The highest BCUT2D eigenvalue weighted by Gasteiger charge is 2.22. The maximum Gasteiger partial charge on any atom is 0.195 e. The van der Waals surface area contributed by atoms with E-state index in [1.165, 1.54) is 20.2 Å². The zero-order valence-electron chi connectivity index (χ0n) is 24.3. The van der Waals surface area contributed by atoms with Crippen LogP contribution in [0.5, 0.6) is 0 Å². The molecule has 0 N–H and O–H groups in total. The molecule has 224 valence electrons. The molecule has 1 aliphatic heterocycles. The van der Waals surface area contributed by atoms with Gasteiger partial charge in [0.15, 0.2) is 5.43 Å². The normalized spacial score (nSPS) is 13.5. The lowest BCUT2D eigenvalue weighted by Gasteiger charge is -2.19. The summed E-state index contributed by atoms with van der Waals surface area (Å²) in [5.41, 5.74) is 6.86. The van der Waals surface area contributed by atoms with Crippen LogP contribution in [0.3, 0.4) is 0 Å². The summed E-state index contributed by atoms with van der Waals surface area (Å²) < 4.78 is 17.7. The molecule has 0 amide bonds. The number of carbonyl (C=O) groups is 1. The number of hydrogen-bond donors (Lipinski definition) is 0. The van der Waals surface area contributed by atoms with Crippen LogP contribution in [0.2, 0.25) is 0 Å². The Morgan fingerprint density at radius 2 is 1.04 bits per heavy atom. The van der Waals surface area contributed by atoms with Crippen LogP contribution in [-0.2, 0) is 22.0 Å². The third-order valence-electron chi connectivity index (χ3n) is 8.53. The van der Waals surface area contributed by atoms with E-state index >= 15 is 0 Å². The molecule has 0 radical (unpaired) electrons. The first-order chi connectivity index (χ1) is 22.1. The molecule has 3 heterocycles. The molecule has 46 heavy (non-hydrogen) atoms. The molecule has 1 aliphatic rings. The average molecular weight is 765 g/mol. The van der Waals surface area contributed by atoms with Gasteiger partial charge in [-0.15, -0.1) is 46.7 Å². The van der Waals surface area contributed by atoms with Crippen LogP contribution in [0.1, 0.15) is 11.1 Å². The molecule has 0 bridgehead atoms. The third-order valence-corrected chi connectivity index (χ3v) is 12.4. The molecule has 0 fully saturated rings. The molecule has 1 unspecified atom stereocenters. The Kier molecular flexibility index (Phi) is 8.19. The van der Waals surface area contributed by atoms with Gasteiger partial charge >= 0.3 is 0 Å². The van der Waals surface area contributed by atoms with Crippen LogP contribution in [-0.4, -0.2) is 11.0 Å². The SMILES string of the molecule is C=O.I.O=c1c2ccccc2sc2ccc(-c3ccc4c(c3)sc3cc(-c5ccc6c(c5)Cc5ccccc5S6=O)ccc34)cc12. The second-order valence-corrected chi connectivity index (χ2v) is 14.6. The highest BCUT2D eigenvalue weighted by Crippen LogP contribution is 2.40. The van der Waals surface area contributed by atoms with Crippen molar-refractivity contribution in [2.24, 2.45) is 0 Å². The van der Waals surface area contributed by atoms with E-state index < -0.39 is 10.8 Å². The monoisotopic (exact) mass is 764 g/mol. The van der Waals surface area contributed by atoms with E-state index in [2.05, 4.69) is 72.8 Å². The van der Waals surface area contributed by atoms with Crippen molar-refractivity contribution in [3.63, 3.8) is 0 Å². The molecule has 0 spiro atoms. The number of halogens is 1. The summed E-state index contributed by atoms with van der Waals surface area (Å²) in [6.45, 7) is 2.00. The van der Waals surface area contributed by atoms with Gasteiger partial charge in [0.25, 0.3) is 0 Å². The first-order valence-electron chi connectivity index (χ1n) is 14.4. The van der Waals surface area contributed by atoms with Crippen molar-refractivity contribution in [2.75, 3.05) is 0 Å². The molecular formula is C39H25IO3S3. The van der Waals surface area contributed by atoms with Gasteiger partial charge in [-0.1, -0.05) is 66.7 Å². The number of fused-ring (bicyclic) bond motifs is 7. The molecule has 0 saturated heterocycles. The van der Waals surface area contributed by atoms with E-state index in [4.69, 9.17) is 4.79 Å². The van der Waals surface area contributed by atoms with E-state index in [1.807, 2.05) is 55.3 Å². The molecule has 0 saturated carbocycles. The smallest absolute Gasteiger partial charge is 0.195 e. The van der Waals surface area contributed by atoms with Crippen LogP contribution in [0.4, 0.5) is 0 Å². The fraction of sp³-hybridized carbons (Fsp3) is 0.0256. The molecule has 7 heteroatoms. The highest BCUT2D eigenvalue weighted by molar-refractivity contribution is 14.0. The summed E-state index contributed by atoms with van der Waals surface area (Å²) in [6, 6.07) is 41.8. The molecule has 3 nitrogen and oxygen atoms in total. The lowest BCUT2D eigenvalue weighted by molar-refractivity contribution is -0.0980. The number of benzene rings is 6. The Hall–Kier alpha value is -4.02. The Morgan fingerprint density at radius 1 is 0.500 bits per heavy atom. The zero-order valence-corrected chi connectivity index (χ0v) is 29.1. The van der Waals surface area contributed by atoms with E-state index in [-0.39, 0.29) is 29.4 Å². The third kappa shape index (κ3) is 5.02. The first kappa shape index (κ1) is 30.6. The van der Waals surface area contributed by atoms with Gasteiger partial charge in [0, 0.05) is 50.1 Å². The van der Waals surface area contributed by atoms with Crippen molar-refractivity contribution in [3.8, 4) is 22.3 Å². The van der Waals surface area contributed by atoms with Crippen molar-refractivity contribution in [1.29, 1.82) is 0 Å². The molecule has 6 aromatic carbocycles. The van der Waals surface area contributed by atoms with E-state index in [0.29, 0.717) is 0 Å². The Labute approximate surface area is 292 Å². The maximum atomic E-state index is 13.3. The highest BCUT2D eigenvalue weighted by atomic mass is 127. The van der Waals surface area contributed by atoms with Gasteiger partial charge in [-0.25, -0.2) is 4.21 Å². The minimum absolute atomic E-state index is 0. The van der Waals surface area contributed by atoms with Crippen molar-refractivity contribution in [2.45, 2.75) is 16.2 Å². The predicted octanol–water partition coefficient (Wildman–Crippen LogP) is 10.6. The van der Waals surface area contributed by atoms with Gasteiger partial charge in [-0.05, 0) is 94.4 Å². The van der Waals surface area contributed by atoms with Crippen LogP contribution >= 0.6 is 46.7 Å². The van der Waals surface area contributed by atoms with Crippen LogP contribution < -0.4 is 5.43 Å². The van der Waals surface area contributed by atoms with Gasteiger partial charge < -0.3 is 4.79 Å². The van der Waals surface area contributed by atoms with E-state index in [9.17, 15) is 9.00 Å². The minimum Gasteiger partial charge on any atom is -0.307 e. The fourth-order valence-electron chi connectivity index (χ4n) is 6.35. The van der Waals surface area contributed by atoms with Gasteiger partial charge in [0.05, 0.1) is 10.8 Å². The lowest BCUT2D eigenvalue weighted by atomic mass is 9.97. The summed E-state index contributed by atoms with van der Waals surface area (Å²) in [7, 11) is -1.14. The average Bonchev–Trinajstić information content (AvgIpc) is 3.46. The van der Waals surface area contributed by atoms with E-state index in [1.54, 1.807) is 22.7 Å². The van der Waals surface area contributed by atoms with Gasteiger partial charge in [-0.3, -0.25) is 4.79 Å². The van der Waals surface area contributed by atoms with Crippen LogP contribution in [0, 0.1) is 0 Å². The summed E-state index contributed by atoms with van der Waals surface area (Å²) in [5, 5.41) is 4.05. The molecule has 9 rings (SSSR count). The topological polar surface area (TPSA) is 51.2 Å². The summed E-state index contributed by atoms with van der Waals surface area (Å²) in [6.07, 6.45) is 0.804. The zero-order chi connectivity index (χ0) is 30.7. The molecule has 2 aromatic heterocycles. The number of thiophene rings is 1. The largest absolute Gasteiger partial charge is 0.307 e. The maximum absolute atomic E-state index is 13.3. The number of hydrogen-bond acceptors (Lipinski definition) is 5. The summed E-state index contributed by atoms with van der Waals surface area (Å²) in [5.74, 6) is 0. The van der Waals surface area contributed by atoms with Gasteiger partial charge in [0.1, 0.15) is 6.79 Å². The molecular weight excluding hydrogens is 740 g/mol. The Morgan fingerprint density at radius 3 is 1.80 bits per heavy atom. The molecule has 8 aromatic rings. The predicted molar refractivity (Wildman–Crippen MR) is 206 cm³/mol. The summed E-state index contributed by atoms with van der Waals surface area (Å²) in [4.78, 5) is 23.1. The second kappa shape index (κ2) is 12.3.